The molecule has 1 rings (SSSR count). The van der Waals surface area contributed by atoms with Gasteiger partial charge in [-0.3, -0.25) is 0 Å². The van der Waals surface area contributed by atoms with Crippen molar-refractivity contribution in [3.05, 3.63) is 35.9 Å². The van der Waals surface area contributed by atoms with Crippen molar-refractivity contribution in [1.82, 2.24) is 0 Å². The smallest absolute Gasteiger partial charge is 0.0796 e. The molecular weight excluding hydrogens is 208 g/mol. The fourth-order valence-corrected chi connectivity index (χ4v) is 1.96. The van der Waals surface area contributed by atoms with Crippen LogP contribution >= 0.6 is 0 Å². The van der Waals surface area contributed by atoms with E-state index in [1.165, 1.54) is 44.1 Å². The maximum Gasteiger partial charge on any atom is 0.0796 e. The van der Waals surface area contributed by atoms with Gasteiger partial charge in [-0.05, 0) is 18.9 Å². The molecule has 0 aliphatic rings. The van der Waals surface area contributed by atoms with Crippen molar-refractivity contribution >= 4 is 0 Å². The van der Waals surface area contributed by atoms with E-state index in [2.05, 4.69) is 38.1 Å². The lowest BCUT2D eigenvalue weighted by atomic mass is 10.1. The highest BCUT2D eigenvalue weighted by molar-refractivity contribution is 5.16. The lowest BCUT2D eigenvalue weighted by molar-refractivity contribution is 0.0627. The molecule has 0 saturated carbocycles. The summed E-state index contributed by atoms with van der Waals surface area (Å²) in [5.41, 5.74) is 1.28. The van der Waals surface area contributed by atoms with Gasteiger partial charge in [0.15, 0.2) is 0 Å². The fraction of sp³-hybridized carbons (Fsp3) is 0.625. The average molecular weight is 234 g/mol. The molecule has 0 N–H and O–H groups in total. The summed E-state index contributed by atoms with van der Waals surface area (Å²) in [6.45, 7) is 5.28. The summed E-state index contributed by atoms with van der Waals surface area (Å²) in [7, 11) is 0. The standard InChI is InChI=1S/C16H26O/c1-3-4-5-6-7-11-14-17-15(2)16-12-9-8-10-13-16/h8-10,12-13,15H,3-7,11,14H2,1-2H3. The Morgan fingerprint density at radius 3 is 2.29 bits per heavy atom. The Labute approximate surface area is 106 Å². The van der Waals surface area contributed by atoms with Crippen LogP contribution in [0.2, 0.25) is 0 Å². The first-order valence-electron chi connectivity index (χ1n) is 7.01. The highest BCUT2D eigenvalue weighted by Gasteiger charge is 2.03. The molecule has 0 bridgehead atoms. The number of hydrogen-bond acceptors (Lipinski definition) is 1. The largest absolute Gasteiger partial charge is 0.374 e. The van der Waals surface area contributed by atoms with Crippen molar-refractivity contribution in [3.63, 3.8) is 0 Å². The maximum absolute atomic E-state index is 5.83. The molecule has 1 unspecified atom stereocenters. The van der Waals surface area contributed by atoms with Crippen molar-refractivity contribution in [3.8, 4) is 0 Å². The van der Waals surface area contributed by atoms with E-state index in [9.17, 15) is 0 Å². The fourth-order valence-electron chi connectivity index (χ4n) is 1.96. The van der Waals surface area contributed by atoms with E-state index >= 15 is 0 Å². The average Bonchev–Trinajstić information content (AvgIpc) is 2.38. The zero-order valence-electron chi connectivity index (χ0n) is 11.3. The van der Waals surface area contributed by atoms with Crippen LogP contribution in [0.5, 0.6) is 0 Å². The van der Waals surface area contributed by atoms with Crippen LogP contribution in [0.4, 0.5) is 0 Å². The molecule has 96 valence electrons. The second kappa shape index (κ2) is 9.23. The first-order chi connectivity index (χ1) is 8.34. The normalized spacial score (nSPS) is 12.6. The Morgan fingerprint density at radius 1 is 0.941 bits per heavy atom. The molecule has 0 radical (unpaired) electrons. The van der Waals surface area contributed by atoms with Crippen LogP contribution in [-0.2, 0) is 4.74 Å². The van der Waals surface area contributed by atoms with Gasteiger partial charge in [0, 0.05) is 6.61 Å². The van der Waals surface area contributed by atoms with Crippen molar-refractivity contribution < 1.29 is 4.74 Å². The van der Waals surface area contributed by atoms with Crippen molar-refractivity contribution in [2.75, 3.05) is 6.61 Å². The molecule has 0 saturated heterocycles. The predicted molar refractivity (Wildman–Crippen MR) is 74.2 cm³/mol. The number of unbranched alkanes of at least 4 members (excludes halogenated alkanes) is 5. The summed E-state index contributed by atoms with van der Waals surface area (Å²) in [6.07, 6.45) is 8.17. The van der Waals surface area contributed by atoms with E-state index in [1.807, 2.05) is 6.07 Å². The molecular formula is C16H26O. The van der Waals surface area contributed by atoms with Crippen LogP contribution < -0.4 is 0 Å². The molecule has 1 aromatic rings. The summed E-state index contributed by atoms with van der Waals surface area (Å²) in [6, 6.07) is 10.4. The summed E-state index contributed by atoms with van der Waals surface area (Å²) >= 11 is 0. The van der Waals surface area contributed by atoms with E-state index in [0.29, 0.717) is 0 Å². The van der Waals surface area contributed by atoms with Gasteiger partial charge in [-0.1, -0.05) is 69.4 Å². The van der Waals surface area contributed by atoms with Gasteiger partial charge in [0.2, 0.25) is 0 Å². The summed E-state index contributed by atoms with van der Waals surface area (Å²) in [4.78, 5) is 0. The highest BCUT2D eigenvalue weighted by atomic mass is 16.5. The minimum atomic E-state index is 0.229. The van der Waals surface area contributed by atoms with Crippen LogP contribution in [0.1, 0.15) is 64.0 Å². The van der Waals surface area contributed by atoms with Gasteiger partial charge in [0.25, 0.3) is 0 Å². The Balaban J connectivity index is 2.03. The Hall–Kier alpha value is -0.820. The molecule has 1 nitrogen and oxygen atoms in total. The summed E-state index contributed by atoms with van der Waals surface area (Å²) in [5.74, 6) is 0. The third-order valence-electron chi connectivity index (χ3n) is 3.13. The molecule has 1 heteroatoms. The SMILES string of the molecule is CCCCCCCCOC(C)c1ccccc1. The third kappa shape index (κ3) is 6.48. The first-order valence-corrected chi connectivity index (χ1v) is 7.01. The van der Waals surface area contributed by atoms with Gasteiger partial charge in [-0.2, -0.15) is 0 Å². The van der Waals surface area contributed by atoms with E-state index in [1.54, 1.807) is 0 Å². The zero-order valence-corrected chi connectivity index (χ0v) is 11.3. The van der Waals surface area contributed by atoms with Crippen LogP contribution in [0.15, 0.2) is 30.3 Å². The van der Waals surface area contributed by atoms with Crippen molar-refractivity contribution in [2.24, 2.45) is 0 Å². The van der Waals surface area contributed by atoms with Gasteiger partial charge >= 0.3 is 0 Å². The van der Waals surface area contributed by atoms with Crippen LogP contribution in [-0.4, -0.2) is 6.61 Å². The maximum atomic E-state index is 5.83. The van der Waals surface area contributed by atoms with Gasteiger partial charge < -0.3 is 4.74 Å². The molecule has 17 heavy (non-hydrogen) atoms. The van der Waals surface area contributed by atoms with Gasteiger partial charge in [0.1, 0.15) is 0 Å². The Bertz CT molecular complexity index is 268. The lowest BCUT2D eigenvalue weighted by Gasteiger charge is -2.13. The highest BCUT2D eigenvalue weighted by Crippen LogP contribution is 2.16. The number of hydrogen-bond donors (Lipinski definition) is 0. The van der Waals surface area contributed by atoms with Gasteiger partial charge in [-0.15, -0.1) is 0 Å². The molecule has 0 fully saturated rings. The van der Waals surface area contributed by atoms with Gasteiger partial charge in [-0.25, -0.2) is 0 Å². The molecule has 0 heterocycles. The minimum absolute atomic E-state index is 0.229. The molecule has 1 aromatic carbocycles. The van der Waals surface area contributed by atoms with Crippen LogP contribution in [0.25, 0.3) is 0 Å². The monoisotopic (exact) mass is 234 g/mol. The number of rotatable bonds is 9. The number of ether oxygens (including phenoxy) is 1. The summed E-state index contributed by atoms with van der Waals surface area (Å²) < 4.78 is 5.83. The molecule has 1 atom stereocenters. The van der Waals surface area contributed by atoms with Crippen molar-refractivity contribution in [2.45, 2.75) is 58.5 Å². The first kappa shape index (κ1) is 14.2. The number of benzene rings is 1. The third-order valence-corrected chi connectivity index (χ3v) is 3.13. The van der Waals surface area contributed by atoms with Gasteiger partial charge in [0.05, 0.1) is 6.10 Å². The topological polar surface area (TPSA) is 9.23 Å². The Kier molecular flexibility index (Phi) is 7.74. The van der Waals surface area contributed by atoms with Crippen LogP contribution in [0.3, 0.4) is 0 Å². The van der Waals surface area contributed by atoms with E-state index < -0.39 is 0 Å². The molecule has 0 aliphatic heterocycles. The molecule has 0 spiro atoms. The lowest BCUT2D eigenvalue weighted by Crippen LogP contribution is -2.01. The second-order valence-corrected chi connectivity index (χ2v) is 4.69. The van der Waals surface area contributed by atoms with E-state index in [0.717, 1.165) is 6.61 Å². The molecule has 0 amide bonds. The quantitative estimate of drug-likeness (QED) is 0.538. The van der Waals surface area contributed by atoms with Crippen LogP contribution in [0, 0.1) is 0 Å². The molecule has 0 aliphatic carbocycles. The molecule has 0 aromatic heterocycles. The summed E-state index contributed by atoms with van der Waals surface area (Å²) in [5, 5.41) is 0. The second-order valence-electron chi connectivity index (χ2n) is 4.69. The zero-order chi connectivity index (χ0) is 12.3. The van der Waals surface area contributed by atoms with E-state index in [-0.39, 0.29) is 6.10 Å². The predicted octanol–water partition coefficient (Wildman–Crippen LogP) is 5.12. The minimum Gasteiger partial charge on any atom is -0.374 e. The van der Waals surface area contributed by atoms with Crippen molar-refractivity contribution in [1.29, 1.82) is 0 Å². The van der Waals surface area contributed by atoms with E-state index in [4.69, 9.17) is 4.74 Å². The Morgan fingerprint density at radius 2 is 1.59 bits per heavy atom.